The van der Waals surface area contributed by atoms with Gasteiger partial charge in [-0.1, -0.05) is 42.1 Å². The number of hydrogen-bond donors (Lipinski definition) is 0. The minimum absolute atomic E-state index is 0.219. The van der Waals surface area contributed by atoms with Crippen LogP contribution in [-0.4, -0.2) is 9.97 Å². The maximum absolute atomic E-state index is 13.0. The van der Waals surface area contributed by atoms with Gasteiger partial charge in [-0.3, -0.25) is 0 Å². The number of aryl methyl sites for hydroxylation is 1. The minimum Gasteiger partial charge on any atom is -0.231 e. The second-order valence-electron chi connectivity index (χ2n) is 6.10. The van der Waals surface area contributed by atoms with Crippen LogP contribution in [-0.2, 0) is 5.75 Å². The predicted octanol–water partition coefficient (Wildman–Crippen LogP) is 6.60. The highest BCUT2D eigenvalue weighted by molar-refractivity contribution is 7.98. The van der Waals surface area contributed by atoms with Crippen molar-refractivity contribution in [2.24, 2.45) is 0 Å². The van der Waals surface area contributed by atoms with E-state index in [1.165, 1.54) is 32.7 Å². The molecule has 0 fully saturated rings. The van der Waals surface area contributed by atoms with Gasteiger partial charge >= 0.3 is 0 Å². The lowest BCUT2D eigenvalue weighted by Crippen LogP contribution is -1.90. The number of fused-ring (bicyclic) bond motifs is 1. The van der Waals surface area contributed by atoms with Crippen LogP contribution in [0.2, 0.25) is 0 Å². The molecule has 0 aliphatic carbocycles. The van der Waals surface area contributed by atoms with Gasteiger partial charge in [0.2, 0.25) is 0 Å². The summed E-state index contributed by atoms with van der Waals surface area (Å²) in [6.45, 7) is 2.16. The Kier molecular flexibility index (Phi) is 5.32. The van der Waals surface area contributed by atoms with Crippen molar-refractivity contribution in [3.8, 4) is 0 Å². The molecule has 5 heteroatoms. The molecular weight excluding hydrogens is 375 g/mol. The van der Waals surface area contributed by atoms with Crippen LogP contribution in [0, 0.1) is 12.7 Å². The lowest BCUT2D eigenvalue weighted by molar-refractivity contribution is 0.627. The van der Waals surface area contributed by atoms with Crippen LogP contribution >= 0.6 is 23.1 Å². The van der Waals surface area contributed by atoms with E-state index in [1.54, 1.807) is 41.4 Å². The second-order valence-corrected chi connectivity index (χ2v) is 8.13. The molecule has 134 valence electrons. The van der Waals surface area contributed by atoms with Crippen LogP contribution in [0.5, 0.6) is 0 Å². The smallest absolute Gasteiger partial charge is 0.188 e. The molecule has 0 bridgehead atoms. The molecular formula is C22H17FN2S2. The maximum atomic E-state index is 13.0. The molecule has 4 aromatic rings. The van der Waals surface area contributed by atoms with Crippen LogP contribution in [0.15, 0.2) is 66.0 Å². The number of thiophene rings is 1. The number of hydrogen-bond acceptors (Lipinski definition) is 4. The van der Waals surface area contributed by atoms with Crippen molar-refractivity contribution in [2.45, 2.75) is 17.8 Å². The average molecular weight is 393 g/mol. The van der Waals surface area contributed by atoms with Gasteiger partial charge in [-0.25, -0.2) is 14.4 Å². The van der Waals surface area contributed by atoms with Gasteiger partial charge in [-0.15, -0.1) is 11.3 Å². The van der Waals surface area contributed by atoms with Gasteiger partial charge in [0.15, 0.2) is 5.16 Å². The van der Waals surface area contributed by atoms with Crippen LogP contribution in [0.25, 0.3) is 22.2 Å². The van der Waals surface area contributed by atoms with Crippen molar-refractivity contribution in [2.75, 3.05) is 0 Å². The first kappa shape index (κ1) is 17.9. The zero-order valence-corrected chi connectivity index (χ0v) is 16.4. The molecule has 0 N–H and O–H groups in total. The number of aromatic nitrogens is 2. The Morgan fingerprint density at radius 1 is 1.04 bits per heavy atom. The van der Waals surface area contributed by atoms with E-state index >= 15 is 0 Å². The number of halogens is 1. The summed E-state index contributed by atoms with van der Waals surface area (Å²) in [5.74, 6) is 0.492. The molecule has 0 radical (unpaired) electrons. The zero-order chi connectivity index (χ0) is 18.6. The highest BCUT2D eigenvalue weighted by Crippen LogP contribution is 2.31. The van der Waals surface area contributed by atoms with Crippen molar-refractivity contribution in [3.05, 3.63) is 88.3 Å². The molecule has 0 atom stereocenters. The topological polar surface area (TPSA) is 25.8 Å². The second kappa shape index (κ2) is 8.03. The summed E-state index contributed by atoms with van der Waals surface area (Å²) in [6, 6.07) is 16.9. The summed E-state index contributed by atoms with van der Waals surface area (Å²) in [5, 5.41) is 2.02. The fourth-order valence-corrected chi connectivity index (χ4v) is 4.67. The highest BCUT2D eigenvalue weighted by Gasteiger charge is 2.05. The summed E-state index contributed by atoms with van der Waals surface area (Å²) in [5.41, 5.74) is 3.22. The normalized spacial score (nSPS) is 11.5. The predicted molar refractivity (Wildman–Crippen MR) is 113 cm³/mol. The first-order valence-electron chi connectivity index (χ1n) is 8.55. The Balaban J connectivity index is 1.49. The van der Waals surface area contributed by atoms with Crippen molar-refractivity contribution < 1.29 is 4.39 Å². The Labute approximate surface area is 165 Å². The number of rotatable bonds is 5. The van der Waals surface area contributed by atoms with Gasteiger partial charge in [-0.05, 0) is 59.9 Å². The van der Waals surface area contributed by atoms with Crippen LogP contribution < -0.4 is 0 Å². The molecule has 2 aromatic heterocycles. The lowest BCUT2D eigenvalue weighted by Gasteiger charge is -2.02. The molecule has 0 amide bonds. The standard InChI is InChI=1S/C22H17FN2S2/c1-15-19-4-2-3-5-21(19)27-20(15)11-10-18-12-13-24-22(25-18)26-14-16-6-8-17(23)9-7-16/h2-13H,14H2,1H3/b11-10+. The number of benzene rings is 2. The van der Waals surface area contributed by atoms with Crippen molar-refractivity contribution in [1.82, 2.24) is 9.97 Å². The van der Waals surface area contributed by atoms with E-state index in [9.17, 15) is 4.39 Å². The number of nitrogens with zero attached hydrogens (tertiary/aromatic N) is 2. The summed E-state index contributed by atoms with van der Waals surface area (Å²) in [4.78, 5) is 10.2. The molecule has 2 aromatic carbocycles. The summed E-state index contributed by atoms with van der Waals surface area (Å²) in [7, 11) is 0. The summed E-state index contributed by atoms with van der Waals surface area (Å²) < 4.78 is 14.3. The largest absolute Gasteiger partial charge is 0.231 e. The lowest BCUT2D eigenvalue weighted by atomic mass is 10.1. The van der Waals surface area contributed by atoms with Gasteiger partial charge in [0, 0.05) is 21.5 Å². The molecule has 0 aliphatic heterocycles. The third-order valence-corrected chi connectivity index (χ3v) is 6.39. The van der Waals surface area contributed by atoms with Crippen molar-refractivity contribution in [1.29, 1.82) is 0 Å². The zero-order valence-electron chi connectivity index (χ0n) is 14.7. The van der Waals surface area contributed by atoms with Gasteiger partial charge in [0.25, 0.3) is 0 Å². The Hall–Kier alpha value is -2.50. The van der Waals surface area contributed by atoms with Gasteiger partial charge < -0.3 is 0 Å². The molecule has 0 spiro atoms. The van der Waals surface area contributed by atoms with E-state index in [1.807, 2.05) is 12.1 Å². The first-order chi connectivity index (χ1) is 13.2. The average Bonchev–Trinajstić information content (AvgIpc) is 3.02. The van der Waals surface area contributed by atoms with E-state index in [0.29, 0.717) is 5.75 Å². The summed E-state index contributed by atoms with van der Waals surface area (Å²) >= 11 is 3.34. The van der Waals surface area contributed by atoms with Gasteiger partial charge in [-0.2, -0.15) is 0 Å². The van der Waals surface area contributed by atoms with E-state index in [0.717, 1.165) is 16.4 Å². The highest BCUT2D eigenvalue weighted by atomic mass is 32.2. The number of thioether (sulfide) groups is 1. The van der Waals surface area contributed by atoms with Crippen molar-refractivity contribution in [3.63, 3.8) is 0 Å². The van der Waals surface area contributed by atoms with Gasteiger partial charge in [0.1, 0.15) is 5.82 Å². The molecule has 0 saturated heterocycles. The molecule has 27 heavy (non-hydrogen) atoms. The third-order valence-electron chi connectivity index (χ3n) is 4.22. The minimum atomic E-state index is -0.219. The SMILES string of the molecule is Cc1c(/C=C/c2ccnc(SCc3ccc(F)cc3)n2)sc2ccccc12. The Morgan fingerprint density at radius 3 is 2.67 bits per heavy atom. The Bertz CT molecular complexity index is 1100. The fourth-order valence-electron chi connectivity index (χ4n) is 2.76. The Morgan fingerprint density at radius 2 is 1.85 bits per heavy atom. The van der Waals surface area contributed by atoms with E-state index in [-0.39, 0.29) is 5.82 Å². The van der Waals surface area contributed by atoms with E-state index in [4.69, 9.17) is 0 Å². The van der Waals surface area contributed by atoms with Crippen molar-refractivity contribution >= 4 is 45.3 Å². The van der Waals surface area contributed by atoms with Gasteiger partial charge in [0.05, 0.1) is 5.69 Å². The monoisotopic (exact) mass is 392 g/mol. The molecule has 0 aliphatic rings. The molecule has 0 saturated carbocycles. The first-order valence-corrected chi connectivity index (χ1v) is 10.4. The fraction of sp³-hybridized carbons (Fsp3) is 0.0909. The quantitative estimate of drug-likeness (QED) is 0.283. The molecule has 2 heterocycles. The summed E-state index contributed by atoms with van der Waals surface area (Å²) in [6.07, 6.45) is 5.93. The molecule has 2 nitrogen and oxygen atoms in total. The molecule has 0 unspecified atom stereocenters. The van der Waals surface area contributed by atoms with Crippen LogP contribution in [0.1, 0.15) is 21.7 Å². The van der Waals surface area contributed by atoms with E-state index < -0.39 is 0 Å². The van der Waals surface area contributed by atoms with E-state index in [2.05, 4.69) is 47.2 Å². The van der Waals surface area contributed by atoms with Crippen LogP contribution in [0.3, 0.4) is 0 Å². The maximum Gasteiger partial charge on any atom is 0.188 e. The third kappa shape index (κ3) is 4.26. The molecule has 4 rings (SSSR count). The van der Waals surface area contributed by atoms with Crippen LogP contribution in [0.4, 0.5) is 4.39 Å².